The minimum Gasteiger partial charge on any atom is -0.387 e. The molecule has 0 aromatic heterocycles. The van der Waals surface area contributed by atoms with Crippen molar-refractivity contribution in [1.29, 1.82) is 0 Å². The number of aliphatic hydroxyl groups excluding tert-OH is 1. The van der Waals surface area contributed by atoms with Crippen LogP contribution in [0.1, 0.15) is 11.7 Å². The molecule has 0 heterocycles. The molecule has 0 spiro atoms. The van der Waals surface area contributed by atoms with Crippen molar-refractivity contribution in [2.45, 2.75) is 6.10 Å². The fourth-order valence-electron chi connectivity index (χ4n) is 1.63. The van der Waals surface area contributed by atoms with Crippen LogP contribution in [0.4, 0.5) is 4.39 Å². The topological polar surface area (TPSA) is 69.6 Å². The largest absolute Gasteiger partial charge is 0.387 e. The molecule has 0 aliphatic heterocycles. The van der Waals surface area contributed by atoms with Crippen LogP contribution in [0.2, 0.25) is 0 Å². The van der Waals surface area contributed by atoms with E-state index in [0.29, 0.717) is 18.7 Å². The molecular weight excluding hydrogens is 271 g/mol. The minimum absolute atomic E-state index is 0.269. The lowest BCUT2D eigenvalue weighted by Crippen LogP contribution is -2.34. The van der Waals surface area contributed by atoms with Gasteiger partial charge in [0.1, 0.15) is 5.82 Å². The predicted octanol–water partition coefficient (Wildman–Crippen LogP) is 0.340. The number of aliphatic hydroxyl groups is 1. The van der Waals surface area contributed by atoms with Gasteiger partial charge < -0.3 is 10.0 Å². The summed E-state index contributed by atoms with van der Waals surface area (Å²) in [6.45, 7) is 1.03. The molecule has 108 valence electrons. The molecule has 0 aliphatic rings. The summed E-state index contributed by atoms with van der Waals surface area (Å²) in [5.74, 6) is -0.391. The number of sulfonamides is 1. The Labute approximate surface area is 113 Å². The van der Waals surface area contributed by atoms with Crippen LogP contribution in [0.15, 0.2) is 24.3 Å². The Morgan fingerprint density at radius 1 is 1.47 bits per heavy atom. The highest BCUT2D eigenvalue weighted by molar-refractivity contribution is 7.88. The first-order valence-corrected chi connectivity index (χ1v) is 7.74. The van der Waals surface area contributed by atoms with Gasteiger partial charge in [-0.25, -0.2) is 17.5 Å². The second-order valence-electron chi connectivity index (χ2n) is 4.50. The van der Waals surface area contributed by atoms with E-state index >= 15 is 0 Å². The number of halogens is 1. The average Bonchev–Trinajstić information content (AvgIpc) is 2.27. The Hall–Kier alpha value is -1.02. The lowest BCUT2D eigenvalue weighted by atomic mass is 10.1. The van der Waals surface area contributed by atoms with Gasteiger partial charge in [0.15, 0.2) is 0 Å². The summed E-state index contributed by atoms with van der Waals surface area (Å²) in [5, 5.41) is 9.93. The van der Waals surface area contributed by atoms with E-state index in [4.69, 9.17) is 0 Å². The van der Waals surface area contributed by atoms with Gasteiger partial charge in [-0.05, 0) is 24.7 Å². The van der Waals surface area contributed by atoms with Crippen LogP contribution < -0.4 is 4.72 Å². The van der Waals surface area contributed by atoms with Gasteiger partial charge in [0.05, 0.1) is 12.4 Å². The third-order valence-corrected chi connectivity index (χ3v) is 3.30. The molecule has 19 heavy (non-hydrogen) atoms. The number of hydrogen-bond donors (Lipinski definition) is 2. The van der Waals surface area contributed by atoms with E-state index in [1.807, 2.05) is 0 Å². The van der Waals surface area contributed by atoms with Crippen molar-refractivity contribution in [3.8, 4) is 0 Å². The summed E-state index contributed by atoms with van der Waals surface area (Å²) < 4.78 is 37.1. The zero-order chi connectivity index (χ0) is 14.5. The summed E-state index contributed by atoms with van der Waals surface area (Å²) in [6, 6.07) is 5.79. The van der Waals surface area contributed by atoms with Gasteiger partial charge in [-0.2, -0.15) is 0 Å². The van der Waals surface area contributed by atoms with E-state index in [9.17, 15) is 17.9 Å². The monoisotopic (exact) mass is 290 g/mol. The summed E-state index contributed by atoms with van der Waals surface area (Å²) in [7, 11) is -1.44. The molecule has 0 radical (unpaired) electrons. The normalized spacial score (nSPS) is 13.7. The van der Waals surface area contributed by atoms with E-state index in [-0.39, 0.29) is 6.54 Å². The van der Waals surface area contributed by atoms with Gasteiger partial charge in [-0.15, -0.1) is 0 Å². The van der Waals surface area contributed by atoms with Gasteiger partial charge in [0.25, 0.3) is 0 Å². The van der Waals surface area contributed by atoms with Crippen LogP contribution >= 0.6 is 0 Å². The molecule has 1 atom stereocenters. The van der Waals surface area contributed by atoms with Crippen molar-refractivity contribution in [3.05, 3.63) is 35.6 Å². The molecule has 0 amide bonds. The highest BCUT2D eigenvalue weighted by Crippen LogP contribution is 2.14. The van der Waals surface area contributed by atoms with E-state index in [1.165, 1.54) is 12.1 Å². The van der Waals surface area contributed by atoms with E-state index in [0.717, 1.165) is 6.26 Å². The van der Waals surface area contributed by atoms with Crippen LogP contribution in [-0.4, -0.2) is 51.4 Å². The van der Waals surface area contributed by atoms with Gasteiger partial charge >= 0.3 is 0 Å². The van der Waals surface area contributed by atoms with Crippen molar-refractivity contribution in [2.24, 2.45) is 0 Å². The van der Waals surface area contributed by atoms with Crippen molar-refractivity contribution in [2.75, 3.05) is 32.9 Å². The van der Waals surface area contributed by atoms with Crippen molar-refractivity contribution >= 4 is 10.0 Å². The molecule has 0 aliphatic carbocycles. The molecule has 1 aromatic carbocycles. The number of nitrogens with zero attached hydrogens (tertiary/aromatic N) is 1. The maximum absolute atomic E-state index is 13.0. The fourth-order valence-corrected chi connectivity index (χ4v) is 2.09. The molecule has 0 unspecified atom stereocenters. The summed E-state index contributed by atoms with van der Waals surface area (Å²) >= 11 is 0. The van der Waals surface area contributed by atoms with Crippen molar-refractivity contribution in [1.82, 2.24) is 9.62 Å². The molecule has 1 rings (SSSR count). The van der Waals surface area contributed by atoms with E-state index in [1.54, 1.807) is 24.1 Å². The first-order valence-electron chi connectivity index (χ1n) is 5.84. The maximum Gasteiger partial charge on any atom is 0.208 e. The van der Waals surface area contributed by atoms with Crippen LogP contribution in [0.3, 0.4) is 0 Å². The van der Waals surface area contributed by atoms with Crippen molar-refractivity contribution < 1.29 is 17.9 Å². The number of hydrogen-bond acceptors (Lipinski definition) is 4. The molecule has 5 nitrogen and oxygen atoms in total. The number of likely N-dealkylation sites (N-methyl/N-ethyl adjacent to an activating group) is 1. The molecule has 7 heteroatoms. The summed E-state index contributed by atoms with van der Waals surface area (Å²) in [4.78, 5) is 1.77. The van der Waals surface area contributed by atoms with Crippen LogP contribution in [0, 0.1) is 5.82 Å². The third kappa shape index (κ3) is 6.63. The van der Waals surface area contributed by atoms with Gasteiger partial charge in [-0.3, -0.25) is 0 Å². The SMILES string of the molecule is CN(CCNS(C)(=O)=O)C[C@H](O)c1cccc(F)c1. The minimum atomic E-state index is -3.19. The summed E-state index contributed by atoms with van der Waals surface area (Å²) in [5.41, 5.74) is 0.503. The predicted molar refractivity (Wildman–Crippen MR) is 71.7 cm³/mol. The number of nitrogens with one attached hydrogen (secondary N) is 1. The average molecular weight is 290 g/mol. The van der Waals surface area contributed by atoms with E-state index in [2.05, 4.69) is 4.72 Å². The van der Waals surface area contributed by atoms with Crippen LogP contribution in [0.5, 0.6) is 0 Å². The molecule has 2 N–H and O–H groups in total. The lowest BCUT2D eigenvalue weighted by molar-refractivity contribution is 0.127. The molecule has 0 fully saturated rings. The molecule has 0 bridgehead atoms. The second kappa shape index (κ2) is 6.95. The Morgan fingerprint density at radius 3 is 2.74 bits per heavy atom. The molecule has 0 saturated carbocycles. The smallest absolute Gasteiger partial charge is 0.208 e. The Bertz CT molecular complexity index is 507. The van der Waals surface area contributed by atoms with Gasteiger partial charge in [0.2, 0.25) is 10.0 Å². The summed E-state index contributed by atoms with van der Waals surface area (Å²) in [6.07, 6.45) is 0.285. The van der Waals surface area contributed by atoms with Crippen LogP contribution in [-0.2, 0) is 10.0 Å². The molecular formula is C12H19FN2O3S. The Balaban J connectivity index is 2.42. The lowest BCUT2D eigenvalue weighted by Gasteiger charge is -2.20. The van der Waals surface area contributed by atoms with Gasteiger partial charge in [0, 0.05) is 19.6 Å². The Morgan fingerprint density at radius 2 is 2.16 bits per heavy atom. The molecule has 0 saturated heterocycles. The standard InChI is InChI=1S/C12H19FN2O3S/c1-15(7-6-14-19(2,17)18)9-12(16)10-4-3-5-11(13)8-10/h3-5,8,12,14,16H,6-7,9H2,1-2H3/t12-/m0/s1. The van der Waals surface area contributed by atoms with E-state index < -0.39 is 21.9 Å². The molecule has 1 aromatic rings. The Kier molecular flexibility index (Phi) is 5.86. The second-order valence-corrected chi connectivity index (χ2v) is 6.33. The first kappa shape index (κ1) is 16.0. The van der Waals surface area contributed by atoms with Gasteiger partial charge in [-0.1, -0.05) is 12.1 Å². The zero-order valence-electron chi connectivity index (χ0n) is 11.0. The first-order chi connectivity index (χ1) is 8.78. The third-order valence-electron chi connectivity index (χ3n) is 2.58. The number of benzene rings is 1. The number of rotatable bonds is 7. The highest BCUT2D eigenvalue weighted by atomic mass is 32.2. The zero-order valence-corrected chi connectivity index (χ0v) is 11.8. The maximum atomic E-state index is 13.0. The quantitative estimate of drug-likeness (QED) is 0.760. The van der Waals surface area contributed by atoms with Crippen molar-refractivity contribution in [3.63, 3.8) is 0 Å². The van der Waals surface area contributed by atoms with Crippen LogP contribution in [0.25, 0.3) is 0 Å². The highest BCUT2D eigenvalue weighted by Gasteiger charge is 2.11. The fraction of sp³-hybridized carbons (Fsp3) is 0.500.